The summed E-state index contributed by atoms with van der Waals surface area (Å²) in [5.74, 6) is 1.71. The molecule has 23 heavy (non-hydrogen) atoms. The van der Waals surface area contributed by atoms with Crippen LogP contribution in [0.25, 0.3) is 0 Å². The maximum atomic E-state index is 9.67. The fourth-order valence-corrected chi connectivity index (χ4v) is 3.09. The number of hydrogen-bond acceptors (Lipinski definition) is 4. The maximum Gasteiger partial charge on any atom is 0.161 e. The summed E-state index contributed by atoms with van der Waals surface area (Å²) in [6, 6.07) is 13.2. The van der Waals surface area contributed by atoms with Gasteiger partial charge in [-0.2, -0.15) is 0 Å². The SMILES string of the molecule is COc1ccc(C2CCCC(c3cccc(O)c3)O2)cc1OC. The van der Waals surface area contributed by atoms with Crippen molar-refractivity contribution in [3.05, 3.63) is 53.6 Å². The lowest BCUT2D eigenvalue weighted by Crippen LogP contribution is -2.16. The number of methoxy groups -OCH3 is 2. The van der Waals surface area contributed by atoms with Crippen LogP contribution in [-0.4, -0.2) is 19.3 Å². The molecule has 3 rings (SSSR count). The number of rotatable bonds is 4. The van der Waals surface area contributed by atoms with Gasteiger partial charge in [-0.15, -0.1) is 0 Å². The van der Waals surface area contributed by atoms with Crippen LogP contribution in [0.5, 0.6) is 17.2 Å². The molecule has 1 aliphatic rings. The van der Waals surface area contributed by atoms with E-state index in [1.165, 1.54) is 0 Å². The fraction of sp³-hybridized carbons (Fsp3) is 0.368. The van der Waals surface area contributed by atoms with Crippen molar-refractivity contribution in [3.8, 4) is 17.2 Å². The predicted molar refractivity (Wildman–Crippen MR) is 88.1 cm³/mol. The Kier molecular flexibility index (Phi) is 4.72. The van der Waals surface area contributed by atoms with Crippen LogP contribution in [0.1, 0.15) is 42.6 Å². The van der Waals surface area contributed by atoms with Crippen molar-refractivity contribution in [2.45, 2.75) is 31.5 Å². The molecule has 0 aliphatic carbocycles. The van der Waals surface area contributed by atoms with Crippen molar-refractivity contribution in [2.24, 2.45) is 0 Å². The monoisotopic (exact) mass is 314 g/mol. The number of benzene rings is 2. The molecule has 0 bridgehead atoms. The molecule has 4 nitrogen and oxygen atoms in total. The van der Waals surface area contributed by atoms with E-state index in [1.807, 2.05) is 30.3 Å². The Hall–Kier alpha value is -2.20. The van der Waals surface area contributed by atoms with Crippen LogP contribution in [0, 0.1) is 0 Å². The van der Waals surface area contributed by atoms with Crippen LogP contribution >= 0.6 is 0 Å². The van der Waals surface area contributed by atoms with Gasteiger partial charge in [-0.05, 0) is 54.7 Å². The van der Waals surface area contributed by atoms with Crippen molar-refractivity contribution >= 4 is 0 Å². The highest BCUT2D eigenvalue weighted by atomic mass is 16.5. The van der Waals surface area contributed by atoms with Gasteiger partial charge in [0.25, 0.3) is 0 Å². The van der Waals surface area contributed by atoms with E-state index in [9.17, 15) is 5.11 Å². The molecule has 4 heteroatoms. The average Bonchev–Trinajstić information content (AvgIpc) is 2.61. The van der Waals surface area contributed by atoms with Crippen LogP contribution in [0.15, 0.2) is 42.5 Å². The average molecular weight is 314 g/mol. The molecule has 1 aliphatic heterocycles. The van der Waals surface area contributed by atoms with Crippen LogP contribution in [0.4, 0.5) is 0 Å². The lowest BCUT2D eigenvalue weighted by Gasteiger charge is -2.31. The maximum absolute atomic E-state index is 9.67. The van der Waals surface area contributed by atoms with E-state index in [2.05, 4.69) is 0 Å². The predicted octanol–water partition coefficient (Wildman–Crippen LogP) is 4.39. The van der Waals surface area contributed by atoms with Gasteiger partial charge < -0.3 is 19.3 Å². The summed E-state index contributed by atoms with van der Waals surface area (Å²) in [5, 5.41) is 9.67. The van der Waals surface area contributed by atoms with Crippen molar-refractivity contribution in [2.75, 3.05) is 14.2 Å². The van der Waals surface area contributed by atoms with Gasteiger partial charge in [0.05, 0.1) is 26.4 Å². The zero-order valence-electron chi connectivity index (χ0n) is 13.5. The molecule has 0 spiro atoms. The summed E-state index contributed by atoms with van der Waals surface area (Å²) in [7, 11) is 3.27. The summed E-state index contributed by atoms with van der Waals surface area (Å²) < 4.78 is 16.9. The second-order valence-electron chi connectivity index (χ2n) is 5.75. The number of hydrogen-bond donors (Lipinski definition) is 1. The highest BCUT2D eigenvalue weighted by Gasteiger charge is 2.25. The third-order valence-corrected chi connectivity index (χ3v) is 4.28. The summed E-state index contributed by atoms with van der Waals surface area (Å²) in [4.78, 5) is 0. The minimum atomic E-state index is 0.00828. The largest absolute Gasteiger partial charge is 0.508 e. The highest BCUT2D eigenvalue weighted by molar-refractivity contribution is 5.43. The zero-order chi connectivity index (χ0) is 16.2. The Morgan fingerprint density at radius 3 is 2.26 bits per heavy atom. The van der Waals surface area contributed by atoms with E-state index in [0.717, 1.165) is 36.1 Å². The van der Waals surface area contributed by atoms with Crippen molar-refractivity contribution < 1.29 is 19.3 Å². The molecule has 1 fully saturated rings. The molecule has 2 atom stereocenters. The third kappa shape index (κ3) is 3.42. The van der Waals surface area contributed by atoms with Gasteiger partial charge in [0, 0.05) is 0 Å². The van der Waals surface area contributed by atoms with E-state index in [-0.39, 0.29) is 18.0 Å². The van der Waals surface area contributed by atoms with Crippen molar-refractivity contribution in [3.63, 3.8) is 0 Å². The Morgan fingerprint density at radius 2 is 1.61 bits per heavy atom. The summed E-state index contributed by atoms with van der Waals surface area (Å²) >= 11 is 0. The quantitative estimate of drug-likeness (QED) is 0.909. The molecule has 2 aromatic carbocycles. The van der Waals surface area contributed by atoms with Crippen LogP contribution in [-0.2, 0) is 4.74 Å². The first-order valence-electron chi connectivity index (χ1n) is 7.87. The first kappa shape index (κ1) is 15.7. The molecule has 2 aromatic rings. The Labute approximate surface area is 136 Å². The first-order chi connectivity index (χ1) is 11.2. The molecule has 0 amide bonds. The second kappa shape index (κ2) is 6.92. The molecular formula is C19H22O4. The number of aromatic hydroxyl groups is 1. The van der Waals surface area contributed by atoms with E-state index < -0.39 is 0 Å². The lowest BCUT2D eigenvalue weighted by molar-refractivity contribution is -0.0536. The summed E-state index contributed by atoms with van der Waals surface area (Å²) in [6.45, 7) is 0. The van der Waals surface area contributed by atoms with Crippen LogP contribution in [0.3, 0.4) is 0 Å². The molecule has 1 heterocycles. The molecule has 1 N–H and O–H groups in total. The third-order valence-electron chi connectivity index (χ3n) is 4.28. The standard InChI is InChI=1S/C19H22O4/c1-21-18-10-9-14(12-19(18)22-2)17-8-4-7-16(23-17)13-5-3-6-15(20)11-13/h3,5-6,9-12,16-17,20H,4,7-8H2,1-2H3. The molecule has 1 saturated heterocycles. The van der Waals surface area contributed by atoms with Crippen molar-refractivity contribution in [1.29, 1.82) is 0 Å². The normalized spacial score (nSPS) is 21.0. The van der Waals surface area contributed by atoms with Crippen LogP contribution in [0.2, 0.25) is 0 Å². The van der Waals surface area contributed by atoms with Gasteiger partial charge in [-0.1, -0.05) is 18.2 Å². The molecule has 122 valence electrons. The zero-order valence-corrected chi connectivity index (χ0v) is 13.5. The van der Waals surface area contributed by atoms with E-state index in [1.54, 1.807) is 26.4 Å². The highest BCUT2D eigenvalue weighted by Crippen LogP contribution is 2.41. The molecule has 0 saturated carbocycles. The molecular weight excluding hydrogens is 292 g/mol. The van der Waals surface area contributed by atoms with Gasteiger partial charge in [0.15, 0.2) is 11.5 Å². The van der Waals surface area contributed by atoms with Gasteiger partial charge >= 0.3 is 0 Å². The molecule has 0 radical (unpaired) electrons. The van der Waals surface area contributed by atoms with E-state index in [4.69, 9.17) is 14.2 Å². The van der Waals surface area contributed by atoms with E-state index in [0.29, 0.717) is 5.75 Å². The van der Waals surface area contributed by atoms with Crippen molar-refractivity contribution in [1.82, 2.24) is 0 Å². The van der Waals surface area contributed by atoms with Gasteiger partial charge in [-0.25, -0.2) is 0 Å². The minimum absolute atomic E-state index is 0.00828. The first-order valence-corrected chi connectivity index (χ1v) is 7.87. The lowest BCUT2D eigenvalue weighted by atomic mass is 9.95. The van der Waals surface area contributed by atoms with Gasteiger partial charge in [0.1, 0.15) is 5.75 Å². The topological polar surface area (TPSA) is 47.9 Å². The molecule has 0 aromatic heterocycles. The Balaban J connectivity index is 1.81. The van der Waals surface area contributed by atoms with Crippen LogP contribution < -0.4 is 9.47 Å². The number of ether oxygens (including phenoxy) is 3. The number of phenolic OH excluding ortho intramolecular Hbond substituents is 1. The molecule has 2 unspecified atom stereocenters. The Morgan fingerprint density at radius 1 is 0.913 bits per heavy atom. The van der Waals surface area contributed by atoms with Gasteiger partial charge in [-0.3, -0.25) is 0 Å². The Bertz CT molecular complexity index is 668. The fourth-order valence-electron chi connectivity index (χ4n) is 3.09. The smallest absolute Gasteiger partial charge is 0.161 e. The number of phenols is 1. The minimum Gasteiger partial charge on any atom is -0.508 e. The summed E-state index contributed by atoms with van der Waals surface area (Å²) in [6.07, 6.45) is 3.06. The summed E-state index contributed by atoms with van der Waals surface area (Å²) in [5.41, 5.74) is 2.11. The van der Waals surface area contributed by atoms with E-state index >= 15 is 0 Å². The second-order valence-corrected chi connectivity index (χ2v) is 5.75. The van der Waals surface area contributed by atoms with Gasteiger partial charge in [0.2, 0.25) is 0 Å².